The van der Waals surface area contributed by atoms with Gasteiger partial charge in [0, 0.05) is 6.54 Å². The normalized spacial score (nSPS) is 19.9. The first-order valence-electron chi connectivity index (χ1n) is 7.07. The summed E-state index contributed by atoms with van der Waals surface area (Å²) >= 11 is 2.87. The van der Waals surface area contributed by atoms with Crippen LogP contribution in [-0.4, -0.2) is 24.3 Å². The Bertz CT molecular complexity index is 867. The van der Waals surface area contributed by atoms with Crippen LogP contribution in [0.4, 0.5) is 0 Å². The first-order valence-corrected chi connectivity index (χ1v) is 10.2. The van der Waals surface area contributed by atoms with Gasteiger partial charge in [0.15, 0.2) is 0 Å². The van der Waals surface area contributed by atoms with Gasteiger partial charge in [0.05, 0.1) is 16.3 Å². The molecule has 1 fully saturated rings. The van der Waals surface area contributed by atoms with Crippen LogP contribution in [0.2, 0.25) is 0 Å². The molecular weight excluding hydrogens is 336 g/mol. The monoisotopic (exact) mass is 350 g/mol. The Balaban J connectivity index is 1.75. The zero-order valence-corrected chi connectivity index (χ0v) is 14.1. The van der Waals surface area contributed by atoms with Crippen LogP contribution in [0, 0.1) is 0 Å². The fourth-order valence-corrected chi connectivity index (χ4v) is 6.80. The molecule has 7 heteroatoms. The number of thiophene rings is 1. The Kier molecular flexibility index (Phi) is 3.53. The lowest BCUT2D eigenvalue weighted by atomic mass is 10.2. The summed E-state index contributed by atoms with van der Waals surface area (Å²) in [5.41, 5.74) is 0.947. The van der Waals surface area contributed by atoms with Crippen molar-refractivity contribution in [1.82, 2.24) is 9.29 Å². The number of nitrogens with zero attached hydrogens (tertiary/aromatic N) is 2. The highest BCUT2D eigenvalue weighted by Gasteiger charge is 2.38. The largest absolute Gasteiger partial charge is 0.253 e. The van der Waals surface area contributed by atoms with Gasteiger partial charge in [-0.25, -0.2) is 13.4 Å². The summed E-state index contributed by atoms with van der Waals surface area (Å²) in [5.74, 6) is 0. The maximum absolute atomic E-state index is 12.8. The van der Waals surface area contributed by atoms with Gasteiger partial charge in [-0.1, -0.05) is 18.2 Å². The predicted octanol–water partition coefficient (Wildman–Crippen LogP) is 3.88. The molecule has 3 aromatic rings. The molecule has 4 rings (SSSR count). The minimum Gasteiger partial charge on any atom is -0.239 e. The van der Waals surface area contributed by atoms with E-state index in [4.69, 9.17) is 0 Å². The van der Waals surface area contributed by atoms with Crippen LogP contribution in [0.3, 0.4) is 0 Å². The second-order valence-electron chi connectivity index (χ2n) is 5.23. The SMILES string of the molecule is O=S(=O)(c1cccs1)N1CCC[C@@H]1c1nc2ccccc2s1. The molecule has 2 aromatic heterocycles. The van der Waals surface area contributed by atoms with E-state index in [0.717, 1.165) is 28.1 Å². The third-order valence-corrected chi connectivity index (χ3v) is 8.28. The number of sulfonamides is 1. The molecule has 0 bridgehead atoms. The first-order chi connectivity index (χ1) is 10.7. The topological polar surface area (TPSA) is 50.3 Å². The molecule has 1 saturated heterocycles. The summed E-state index contributed by atoms with van der Waals surface area (Å²) < 4.78 is 28.8. The number of thiazole rings is 1. The molecule has 4 nitrogen and oxygen atoms in total. The van der Waals surface area contributed by atoms with Crippen molar-refractivity contribution in [2.45, 2.75) is 23.1 Å². The summed E-state index contributed by atoms with van der Waals surface area (Å²) in [6, 6.07) is 11.3. The molecule has 1 atom stereocenters. The third kappa shape index (κ3) is 2.28. The van der Waals surface area contributed by atoms with Crippen molar-refractivity contribution in [3.05, 3.63) is 46.8 Å². The summed E-state index contributed by atoms with van der Waals surface area (Å²) in [6.07, 6.45) is 1.72. The maximum atomic E-state index is 12.8. The molecule has 0 spiro atoms. The summed E-state index contributed by atoms with van der Waals surface area (Å²) in [5, 5.41) is 2.70. The molecule has 0 aliphatic carbocycles. The highest BCUT2D eigenvalue weighted by Crippen LogP contribution is 2.40. The lowest BCUT2D eigenvalue weighted by Crippen LogP contribution is -2.30. The quantitative estimate of drug-likeness (QED) is 0.720. The van der Waals surface area contributed by atoms with Gasteiger partial charge in [0.2, 0.25) is 0 Å². The van der Waals surface area contributed by atoms with Crippen molar-refractivity contribution < 1.29 is 8.42 Å². The maximum Gasteiger partial charge on any atom is 0.253 e. The van der Waals surface area contributed by atoms with Crippen molar-refractivity contribution >= 4 is 42.9 Å². The number of aromatic nitrogens is 1. The molecule has 3 heterocycles. The minimum atomic E-state index is -3.41. The van der Waals surface area contributed by atoms with Gasteiger partial charge in [-0.3, -0.25) is 0 Å². The lowest BCUT2D eigenvalue weighted by molar-refractivity contribution is 0.397. The number of rotatable bonds is 3. The number of para-hydroxylation sites is 1. The molecule has 114 valence electrons. The van der Waals surface area contributed by atoms with E-state index < -0.39 is 10.0 Å². The number of benzene rings is 1. The van der Waals surface area contributed by atoms with Gasteiger partial charge >= 0.3 is 0 Å². The van der Waals surface area contributed by atoms with Crippen molar-refractivity contribution in [3.8, 4) is 0 Å². The Hall–Kier alpha value is -1.28. The highest BCUT2D eigenvalue weighted by atomic mass is 32.2. The smallest absolute Gasteiger partial charge is 0.239 e. The molecule has 0 N–H and O–H groups in total. The molecule has 0 amide bonds. The molecule has 1 aromatic carbocycles. The summed E-state index contributed by atoms with van der Waals surface area (Å²) in [4.78, 5) is 4.66. The van der Waals surface area contributed by atoms with Gasteiger partial charge in [0.1, 0.15) is 9.22 Å². The zero-order valence-electron chi connectivity index (χ0n) is 11.7. The van der Waals surface area contributed by atoms with Crippen molar-refractivity contribution in [3.63, 3.8) is 0 Å². The summed E-state index contributed by atoms with van der Waals surface area (Å²) in [7, 11) is -3.41. The van der Waals surface area contributed by atoms with E-state index in [-0.39, 0.29) is 6.04 Å². The highest BCUT2D eigenvalue weighted by molar-refractivity contribution is 7.91. The predicted molar refractivity (Wildman–Crippen MR) is 89.8 cm³/mol. The summed E-state index contributed by atoms with van der Waals surface area (Å²) in [6.45, 7) is 0.570. The van der Waals surface area contributed by atoms with Gasteiger partial charge in [-0.2, -0.15) is 4.31 Å². The van der Waals surface area contributed by atoms with Crippen molar-refractivity contribution in [2.24, 2.45) is 0 Å². The van der Waals surface area contributed by atoms with Crippen LogP contribution in [-0.2, 0) is 10.0 Å². The average Bonchev–Trinajstić information content (AvgIpc) is 3.25. The molecule has 1 aliphatic rings. The van der Waals surface area contributed by atoms with E-state index in [1.807, 2.05) is 24.3 Å². The van der Waals surface area contributed by atoms with Crippen molar-refractivity contribution in [1.29, 1.82) is 0 Å². The Morgan fingerprint density at radius 3 is 2.82 bits per heavy atom. The van der Waals surface area contributed by atoms with E-state index in [0.29, 0.717) is 10.8 Å². The molecular formula is C15H14N2O2S3. The standard InChI is InChI=1S/C15H14N2O2S3/c18-22(19,14-8-4-10-20-14)17-9-3-6-12(17)15-16-11-5-1-2-7-13(11)21-15/h1-2,4-5,7-8,10,12H,3,6,9H2/t12-/m1/s1. The van der Waals surface area contributed by atoms with Gasteiger partial charge < -0.3 is 0 Å². The lowest BCUT2D eigenvalue weighted by Gasteiger charge is -2.21. The van der Waals surface area contributed by atoms with Crippen LogP contribution < -0.4 is 0 Å². The van der Waals surface area contributed by atoms with Gasteiger partial charge in [-0.05, 0) is 36.4 Å². The fourth-order valence-electron chi connectivity index (χ4n) is 2.83. The number of hydrogen-bond acceptors (Lipinski definition) is 5. The Morgan fingerprint density at radius 2 is 2.05 bits per heavy atom. The molecule has 0 saturated carbocycles. The van der Waals surface area contributed by atoms with E-state index in [9.17, 15) is 8.42 Å². The van der Waals surface area contributed by atoms with E-state index in [2.05, 4.69) is 4.98 Å². The van der Waals surface area contributed by atoms with E-state index >= 15 is 0 Å². The fraction of sp³-hybridized carbons (Fsp3) is 0.267. The number of fused-ring (bicyclic) bond motifs is 1. The van der Waals surface area contributed by atoms with E-state index in [1.165, 1.54) is 11.3 Å². The Labute approximate surface area is 137 Å². The zero-order chi connectivity index (χ0) is 15.2. The average molecular weight is 350 g/mol. The molecule has 1 aliphatic heterocycles. The molecule has 0 radical (unpaired) electrons. The van der Waals surface area contributed by atoms with Gasteiger partial charge in [0.25, 0.3) is 10.0 Å². The third-order valence-electron chi connectivity index (χ3n) is 3.86. The second kappa shape index (κ2) is 5.42. The van der Waals surface area contributed by atoms with Crippen LogP contribution in [0.25, 0.3) is 10.2 Å². The molecule has 0 unspecified atom stereocenters. The van der Waals surface area contributed by atoms with Crippen LogP contribution in [0.15, 0.2) is 46.0 Å². The first kappa shape index (κ1) is 14.3. The Morgan fingerprint density at radius 1 is 1.18 bits per heavy atom. The van der Waals surface area contributed by atoms with Crippen LogP contribution in [0.5, 0.6) is 0 Å². The van der Waals surface area contributed by atoms with E-state index in [1.54, 1.807) is 33.2 Å². The van der Waals surface area contributed by atoms with Crippen LogP contribution >= 0.6 is 22.7 Å². The minimum absolute atomic E-state index is 0.135. The van der Waals surface area contributed by atoms with Gasteiger partial charge in [-0.15, -0.1) is 22.7 Å². The van der Waals surface area contributed by atoms with Crippen LogP contribution in [0.1, 0.15) is 23.9 Å². The second-order valence-corrected chi connectivity index (χ2v) is 9.35. The number of hydrogen-bond donors (Lipinski definition) is 0. The molecule has 22 heavy (non-hydrogen) atoms. The van der Waals surface area contributed by atoms with Crippen molar-refractivity contribution in [2.75, 3.05) is 6.54 Å².